The molecule has 10 aromatic rings. The SMILES string of the molecule is Cc1cc(F)cc(-c2cc(C(C)(C)CC(C)(C)C)cc(-n3c4cc(C(C)(C)C)ccc4c4ccc(C(C)(C)C)cc43)c2O)c1OCCCOc1c(C)cc(F)cc1-c1cc(C(C)(C)CC(C)(C)C)cc(-n2c3cc(C(C)(C)C)ccc3c3ccc(C(C)(C)C)cc32)c1O.[CH2-][Si](C)(C)C.[Y]. The van der Waals surface area contributed by atoms with E-state index in [1.54, 1.807) is 0 Å². The summed E-state index contributed by atoms with van der Waals surface area (Å²) in [6, 6.07) is 41.1. The number of hydrogen-bond donors (Lipinski definition) is 2. The summed E-state index contributed by atoms with van der Waals surface area (Å²) in [5, 5.41) is 30.8. The van der Waals surface area contributed by atoms with Crippen molar-refractivity contribution in [1.82, 2.24) is 9.13 Å². The van der Waals surface area contributed by atoms with Crippen LogP contribution < -0.4 is 9.47 Å². The fourth-order valence-electron chi connectivity index (χ4n) is 14.7. The molecule has 10 heteroatoms. The Hall–Kier alpha value is -6.26. The molecule has 0 fully saturated rings. The van der Waals surface area contributed by atoms with Crippen LogP contribution in [-0.2, 0) is 65.2 Å². The first-order chi connectivity index (χ1) is 44.8. The third kappa shape index (κ3) is 17.5. The van der Waals surface area contributed by atoms with E-state index in [0.29, 0.717) is 62.7 Å². The molecule has 527 valence electrons. The molecule has 0 aliphatic rings. The van der Waals surface area contributed by atoms with E-state index in [-0.39, 0.29) is 101 Å². The number of aromatic hydroxyl groups is 2. The average molecular weight is 1430 g/mol. The maximum Gasteiger partial charge on any atom is 0.147 e. The van der Waals surface area contributed by atoms with E-state index in [4.69, 9.17) is 9.47 Å². The molecule has 6 nitrogen and oxygen atoms in total. The van der Waals surface area contributed by atoms with E-state index < -0.39 is 19.7 Å². The molecule has 0 unspecified atom stereocenters. The van der Waals surface area contributed by atoms with Crippen LogP contribution in [0.1, 0.15) is 216 Å². The van der Waals surface area contributed by atoms with Crippen molar-refractivity contribution in [3.8, 4) is 56.6 Å². The van der Waals surface area contributed by atoms with E-state index in [9.17, 15) is 10.2 Å². The Morgan fingerprint density at radius 1 is 0.384 bits per heavy atom. The maximum atomic E-state index is 16.3. The van der Waals surface area contributed by atoms with E-state index in [0.717, 1.165) is 67.6 Å². The Balaban J connectivity index is 0.00000201. The largest absolute Gasteiger partial charge is 0.505 e. The Bertz CT molecular complexity index is 4230. The number of ether oxygens (including phenoxy) is 2. The van der Waals surface area contributed by atoms with Crippen molar-refractivity contribution in [2.24, 2.45) is 10.8 Å². The standard InChI is InChI=1S/C85H104F2N2O4.C4H11Si.Y/c1-50-36-58(86)46-66(64-38-56(84(21,22)48-78(3,4)5)44-72(74(64)90)88-68-40-52(80(9,10)11)26-30-60(68)61-31-27-53(41-69(61)88)81(12,13)14)76(50)92-34-25-35-93-77-51(2)37-59(87)47-67(77)65-39-57(85(23,24)49-79(6,7)8)45-73(75(65)91)89-70-42-54(82(15,16)17)28-32-62(70)63-33-29-55(43-71(63)89)83(18,19)20;1-5(2,3)4;/h26-33,36-47,90-91H,25,34-35,48-49H2,1-24H3;1H2,2-4H3;/q;-1;. The molecular weight excluding hydrogens is 1320 g/mol. The van der Waals surface area contributed by atoms with Gasteiger partial charge in [0, 0.05) is 82.9 Å². The number of aromatic nitrogens is 2. The third-order valence-electron chi connectivity index (χ3n) is 19.0. The van der Waals surface area contributed by atoms with Crippen molar-refractivity contribution in [2.75, 3.05) is 13.2 Å². The van der Waals surface area contributed by atoms with Gasteiger partial charge in [0.15, 0.2) is 0 Å². The van der Waals surface area contributed by atoms with Crippen molar-refractivity contribution in [2.45, 2.75) is 238 Å². The number of benzene rings is 8. The molecule has 2 heterocycles. The minimum absolute atomic E-state index is 0. The number of phenolic OH excluding ortho intramolecular Hbond substituents is 2. The monoisotopic (exact) mass is 1430 g/mol. The van der Waals surface area contributed by atoms with E-state index in [2.05, 4.69) is 273 Å². The molecule has 2 N–H and O–H groups in total. The minimum Gasteiger partial charge on any atom is -0.505 e. The molecule has 0 atom stereocenters. The quantitative estimate of drug-likeness (QED) is 0.0647. The molecule has 0 amide bonds. The van der Waals surface area contributed by atoms with Gasteiger partial charge in [-0.25, -0.2) is 8.78 Å². The zero-order valence-corrected chi connectivity index (χ0v) is 69.1. The van der Waals surface area contributed by atoms with Crippen LogP contribution in [-0.4, -0.2) is 40.6 Å². The number of fused-ring (bicyclic) bond motifs is 6. The van der Waals surface area contributed by atoms with Crippen molar-refractivity contribution in [1.29, 1.82) is 0 Å². The first-order valence-corrected chi connectivity index (χ1v) is 39.2. The fraction of sp³-hybridized carbons (Fsp3) is 0.449. The Morgan fingerprint density at radius 3 is 0.889 bits per heavy atom. The Labute approximate surface area is 619 Å². The van der Waals surface area contributed by atoms with E-state index >= 15 is 8.78 Å². The van der Waals surface area contributed by atoms with Crippen LogP contribution in [0.25, 0.3) is 77.2 Å². The van der Waals surface area contributed by atoms with Gasteiger partial charge in [-0.15, -0.1) is 8.07 Å². The number of halogens is 2. The molecule has 0 spiro atoms. The summed E-state index contributed by atoms with van der Waals surface area (Å²) in [4.78, 5) is 0. The summed E-state index contributed by atoms with van der Waals surface area (Å²) in [6.07, 6.45) is 2.05. The van der Waals surface area contributed by atoms with Gasteiger partial charge in [0.2, 0.25) is 0 Å². The van der Waals surface area contributed by atoms with Crippen LogP contribution in [0.2, 0.25) is 19.6 Å². The summed E-state index contributed by atoms with van der Waals surface area (Å²) in [5.41, 5.74) is 13.3. The summed E-state index contributed by atoms with van der Waals surface area (Å²) in [6.45, 7) is 63.7. The van der Waals surface area contributed by atoms with Crippen molar-refractivity contribution < 1.29 is 61.2 Å². The van der Waals surface area contributed by atoms with Crippen LogP contribution in [0.3, 0.4) is 0 Å². The second kappa shape index (κ2) is 27.8. The van der Waals surface area contributed by atoms with Crippen LogP contribution in [0, 0.1) is 42.9 Å². The smallest absolute Gasteiger partial charge is 0.147 e. The van der Waals surface area contributed by atoms with Crippen LogP contribution in [0.5, 0.6) is 23.0 Å². The molecule has 0 saturated heterocycles. The van der Waals surface area contributed by atoms with Crippen molar-refractivity contribution in [3.63, 3.8) is 0 Å². The summed E-state index contributed by atoms with van der Waals surface area (Å²) in [7, 11) is -0.861. The Morgan fingerprint density at radius 2 is 0.646 bits per heavy atom. The number of rotatable bonds is 14. The minimum atomic E-state index is -0.861. The molecular formula is C89H115F2N2O4SiY-. The first-order valence-electron chi connectivity index (χ1n) is 35.5. The molecule has 0 aliphatic heterocycles. The predicted octanol–water partition coefficient (Wildman–Crippen LogP) is 25.7. The fourth-order valence-corrected chi connectivity index (χ4v) is 14.7. The van der Waals surface area contributed by atoms with Gasteiger partial charge < -0.3 is 35.4 Å². The normalized spacial score (nSPS) is 13.2. The zero-order chi connectivity index (χ0) is 72.9. The van der Waals surface area contributed by atoms with Gasteiger partial charge >= 0.3 is 0 Å². The molecule has 10 rings (SSSR count). The third-order valence-corrected chi connectivity index (χ3v) is 19.0. The zero-order valence-electron chi connectivity index (χ0n) is 65.2. The first kappa shape index (κ1) is 78.5. The number of nitrogens with zero attached hydrogens (tertiary/aromatic N) is 2. The number of hydrogen-bond acceptors (Lipinski definition) is 4. The van der Waals surface area contributed by atoms with Gasteiger partial charge in [0.25, 0.3) is 0 Å². The average Bonchev–Trinajstić information content (AvgIpc) is 1.63. The van der Waals surface area contributed by atoms with Gasteiger partial charge in [0.05, 0.1) is 46.7 Å². The molecule has 0 aliphatic carbocycles. The van der Waals surface area contributed by atoms with Crippen LogP contribution >= 0.6 is 0 Å². The summed E-state index contributed by atoms with van der Waals surface area (Å²) >= 11 is 0. The van der Waals surface area contributed by atoms with Gasteiger partial charge in [-0.1, -0.05) is 220 Å². The summed E-state index contributed by atoms with van der Waals surface area (Å²) < 4.78 is 50.7. The van der Waals surface area contributed by atoms with Gasteiger partial charge in [-0.3, -0.25) is 0 Å². The number of phenols is 2. The molecule has 0 saturated carbocycles. The Kier molecular flexibility index (Phi) is 22.1. The molecule has 8 aromatic carbocycles. The molecule has 99 heavy (non-hydrogen) atoms. The topological polar surface area (TPSA) is 68.8 Å². The van der Waals surface area contributed by atoms with Crippen molar-refractivity contribution >= 4 is 51.7 Å². The van der Waals surface area contributed by atoms with Crippen LogP contribution in [0.4, 0.5) is 8.78 Å². The van der Waals surface area contributed by atoms with Gasteiger partial charge in [-0.2, -0.15) is 0 Å². The summed E-state index contributed by atoms with van der Waals surface area (Å²) in [5.74, 6) is 0.0528. The van der Waals surface area contributed by atoms with Crippen molar-refractivity contribution in [3.05, 3.63) is 184 Å². The maximum absolute atomic E-state index is 16.3. The predicted molar refractivity (Wildman–Crippen MR) is 418 cm³/mol. The number of aryl methyl sites for hydroxylation is 2. The molecule has 0 bridgehead atoms. The van der Waals surface area contributed by atoms with E-state index in [1.807, 2.05) is 26.0 Å². The second-order valence-corrected chi connectivity index (χ2v) is 42.6. The van der Waals surface area contributed by atoms with E-state index in [1.165, 1.54) is 46.5 Å². The second-order valence-electron chi connectivity index (χ2n) is 37.4. The van der Waals surface area contributed by atoms with Gasteiger partial charge in [-0.05, 0) is 187 Å². The van der Waals surface area contributed by atoms with Gasteiger partial charge in [0.1, 0.15) is 34.6 Å². The van der Waals surface area contributed by atoms with Crippen LogP contribution in [0.15, 0.2) is 121 Å². The molecule has 2 aromatic heterocycles. The molecule has 1 radical (unpaired) electrons.